The Morgan fingerprint density at radius 2 is 0.967 bits per heavy atom. The van der Waals surface area contributed by atoms with Crippen LogP contribution in [0.3, 0.4) is 0 Å². The third-order valence-electron chi connectivity index (χ3n) is 5.37. The lowest BCUT2D eigenvalue weighted by Crippen LogP contribution is -2.38. The van der Waals surface area contributed by atoms with Crippen LogP contribution in [0.5, 0.6) is 0 Å². The van der Waals surface area contributed by atoms with Crippen molar-refractivity contribution in [3.05, 3.63) is 132 Å². The second-order valence-corrected chi connectivity index (χ2v) is 10.4. The smallest absolute Gasteiger partial charge is 0.159 e. The molecule has 0 aromatic heterocycles. The van der Waals surface area contributed by atoms with Gasteiger partial charge in [-0.15, -0.1) is 0 Å². The van der Waals surface area contributed by atoms with Crippen molar-refractivity contribution in [2.75, 3.05) is 0 Å². The van der Waals surface area contributed by atoms with Crippen LogP contribution >= 0.6 is 7.14 Å². The number of hydrogen-bond donors (Lipinski definition) is 1. The van der Waals surface area contributed by atoms with Crippen molar-refractivity contribution in [1.82, 2.24) is 5.32 Å². The van der Waals surface area contributed by atoms with Gasteiger partial charge in [-0.1, -0.05) is 121 Å². The first-order valence-corrected chi connectivity index (χ1v) is 12.1. The molecule has 0 saturated heterocycles. The van der Waals surface area contributed by atoms with Gasteiger partial charge in [-0.2, -0.15) is 0 Å². The minimum atomic E-state index is -2.95. The van der Waals surface area contributed by atoms with E-state index in [1.807, 2.05) is 97.1 Å². The quantitative estimate of drug-likeness (QED) is 0.396. The Bertz CT molecular complexity index is 1040. The molecule has 0 fully saturated rings. The van der Waals surface area contributed by atoms with Gasteiger partial charge in [0.2, 0.25) is 0 Å². The van der Waals surface area contributed by atoms with Gasteiger partial charge in [0.05, 0.1) is 5.78 Å². The summed E-state index contributed by atoms with van der Waals surface area (Å²) in [6.07, 6.45) is 0.689. The van der Waals surface area contributed by atoms with E-state index in [0.29, 0.717) is 13.0 Å². The molecule has 0 heterocycles. The van der Waals surface area contributed by atoms with Crippen molar-refractivity contribution in [3.63, 3.8) is 0 Å². The first-order chi connectivity index (χ1) is 14.8. The van der Waals surface area contributed by atoms with E-state index in [1.165, 1.54) is 11.1 Å². The molecular weight excluding hydrogens is 385 g/mol. The average molecular weight is 411 g/mol. The van der Waals surface area contributed by atoms with E-state index in [2.05, 4.69) is 29.6 Å². The Labute approximate surface area is 179 Å². The molecule has 0 aliphatic carbocycles. The lowest BCUT2D eigenvalue weighted by molar-refractivity contribution is 0.550. The summed E-state index contributed by atoms with van der Waals surface area (Å²) in [5, 5.41) is 5.43. The van der Waals surface area contributed by atoms with Gasteiger partial charge in [0, 0.05) is 17.2 Å². The van der Waals surface area contributed by atoms with E-state index in [0.717, 1.165) is 10.6 Å². The van der Waals surface area contributed by atoms with Crippen LogP contribution in [0.15, 0.2) is 121 Å². The zero-order valence-corrected chi connectivity index (χ0v) is 17.8. The van der Waals surface area contributed by atoms with Crippen LogP contribution < -0.4 is 15.9 Å². The lowest BCUT2D eigenvalue weighted by atomic mass is 10.1. The van der Waals surface area contributed by atoms with E-state index in [4.69, 9.17) is 0 Å². The fourth-order valence-corrected chi connectivity index (χ4v) is 6.87. The van der Waals surface area contributed by atoms with Crippen LogP contribution in [0.1, 0.15) is 11.1 Å². The minimum absolute atomic E-state index is 0.218. The summed E-state index contributed by atoms with van der Waals surface area (Å²) < 4.78 is 14.9. The predicted octanol–water partition coefficient (Wildman–Crippen LogP) is 5.36. The Balaban J connectivity index is 1.77. The van der Waals surface area contributed by atoms with Crippen LogP contribution in [0.2, 0.25) is 0 Å². The second kappa shape index (κ2) is 9.71. The molecule has 4 aromatic carbocycles. The normalized spacial score (nSPS) is 12.4. The second-order valence-electron chi connectivity index (χ2n) is 7.40. The Kier molecular flexibility index (Phi) is 6.59. The van der Waals surface area contributed by atoms with Crippen LogP contribution in [0, 0.1) is 0 Å². The molecule has 4 aromatic rings. The SMILES string of the molecule is O=P(c1ccccc1)(c1ccccc1)C(Cc1ccccc1)NCc1ccccc1. The topological polar surface area (TPSA) is 29.1 Å². The van der Waals surface area contributed by atoms with Gasteiger partial charge in [-0.25, -0.2) is 0 Å². The van der Waals surface area contributed by atoms with E-state index in [9.17, 15) is 4.57 Å². The molecule has 1 unspecified atom stereocenters. The van der Waals surface area contributed by atoms with E-state index < -0.39 is 7.14 Å². The first-order valence-electron chi connectivity index (χ1n) is 10.3. The van der Waals surface area contributed by atoms with Crippen molar-refractivity contribution in [1.29, 1.82) is 0 Å². The molecule has 3 heteroatoms. The monoisotopic (exact) mass is 411 g/mol. The molecule has 1 N–H and O–H groups in total. The first kappa shape index (κ1) is 20.3. The number of hydrogen-bond acceptors (Lipinski definition) is 2. The van der Waals surface area contributed by atoms with Gasteiger partial charge in [0.15, 0.2) is 7.14 Å². The highest BCUT2D eigenvalue weighted by Crippen LogP contribution is 2.48. The largest absolute Gasteiger partial charge is 0.312 e. The predicted molar refractivity (Wildman–Crippen MR) is 127 cm³/mol. The maximum absolute atomic E-state index is 14.9. The zero-order valence-electron chi connectivity index (χ0n) is 16.9. The standard InChI is InChI=1S/C27H26NOP/c29-30(25-17-9-3-10-18-25,26-19-11-4-12-20-26)27(21-23-13-5-1-6-14-23)28-22-24-15-7-2-8-16-24/h1-20,27-28H,21-22H2. The van der Waals surface area contributed by atoms with Gasteiger partial charge in [-0.05, 0) is 17.5 Å². The van der Waals surface area contributed by atoms with Crippen LogP contribution in [-0.2, 0) is 17.5 Å². The van der Waals surface area contributed by atoms with E-state index in [-0.39, 0.29) is 5.78 Å². The highest BCUT2D eigenvalue weighted by molar-refractivity contribution is 7.79. The van der Waals surface area contributed by atoms with Crippen LogP contribution in [0.25, 0.3) is 0 Å². The number of rotatable bonds is 8. The molecule has 4 rings (SSSR count). The van der Waals surface area contributed by atoms with E-state index in [1.54, 1.807) is 0 Å². The van der Waals surface area contributed by atoms with Crippen molar-refractivity contribution in [2.24, 2.45) is 0 Å². The summed E-state index contributed by atoms with van der Waals surface area (Å²) in [6, 6.07) is 40.4. The number of benzene rings is 4. The molecule has 0 aliphatic heterocycles. The third kappa shape index (κ3) is 4.62. The summed E-state index contributed by atoms with van der Waals surface area (Å²) in [6.45, 7) is 0.669. The van der Waals surface area contributed by atoms with Crippen LogP contribution in [-0.4, -0.2) is 5.78 Å². The minimum Gasteiger partial charge on any atom is -0.312 e. The molecule has 30 heavy (non-hydrogen) atoms. The van der Waals surface area contributed by atoms with Gasteiger partial charge in [-0.3, -0.25) is 0 Å². The summed E-state index contributed by atoms with van der Waals surface area (Å²) in [5.74, 6) is -0.218. The molecule has 0 radical (unpaired) electrons. The highest BCUT2D eigenvalue weighted by Gasteiger charge is 2.36. The van der Waals surface area contributed by atoms with Crippen molar-refractivity contribution >= 4 is 17.8 Å². The maximum Gasteiger partial charge on any atom is 0.159 e. The summed E-state index contributed by atoms with van der Waals surface area (Å²) in [7, 11) is -2.95. The number of nitrogens with one attached hydrogen (secondary N) is 1. The average Bonchev–Trinajstić information content (AvgIpc) is 2.83. The summed E-state index contributed by atoms with van der Waals surface area (Å²) >= 11 is 0. The fourth-order valence-electron chi connectivity index (χ4n) is 3.81. The molecule has 0 bridgehead atoms. The van der Waals surface area contributed by atoms with E-state index >= 15 is 0 Å². The Morgan fingerprint density at radius 1 is 0.567 bits per heavy atom. The molecule has 0 saturated carbocycles. The summed E-state index contributed by atoms with van der Waals surface area (Å²) in [5.41, 5.74) is 2.36. The molecule has 0 amide bonds. The molecule has 2 nitrogen and oxygen atoms in total. The Morgan fingerprint density at radius 3 is 1.43 bits per heavy atom. The van der Waals surface area contributed by atoms with Gasteiger partial charge < -0.3 is 9.88 Å². The molecule has 0 aliphatic rings. The molecule has 0 spiro atoms. The zero-order chi connectivity index (χ0) is 20.7. The highest BCUT2D eigenvalue weighted by atomic mass is 31.2. The van der Waals surface area contributed by atoms with Crippen molar-refractivity contribution in [3.8, 4) is 0 Å². The van der Waals surface area contributed by atoms with Gasteiger partial charge in [0.25, 0.3) is 0 Å². The van der Waals surface area contributed by atoms with Gasteiger partial charge in [0.1, 0.15) is 0 Å². The molecular formula is C27H26NOP. The third-order valence-corrected chi connectivity index (χ3v) is 8.75. The maximum atomic E-state index is 14.9. The molecule has 150 valence electrons. The molecule has 1 atom stereocenters. The van der Waals surface area contributed by atoms with Gasteiger partial charge >= 0.3 is 0 Å². The lowest BCUT2D eigenvalue weighted by Gasteiger charge is -2.30. The van der Waals surface area contributed by atoms with Crippen LogP contribution in [0.4, 0.5) is 0 Å². The van der Waals surface area contributed by atoms with Crippen molar-refractivity contribution < 1.29 is 4.57 Å². The summed E-state index contributed by atoms with van der Waals surface area (Å²) in [4.78, 5) is 0. The Hall–Kier alpha value is -2.93. The van der Waals surface area contributed by atoms with Crippen molar-refractivity contribution in [2.45, 2.75) is 18.7 Å². The fraction of sp³-hybridized carbons (Fsp3) is 0.111.